The summed E-state index contributed by atoms with van der Waals surface area (Å²) in [5, 5.41) is 2.96. The second-order valence-electron chi connectivity index (χ2n) is 7.39. The third-order valence-electron chi connectivity index (χ3n) is 4.89. The fourth-order valence-electron chi connectivity index (χ4n) is 3.11. The first-order valence-corrected chi connectivity index (χ1v) is 9.65. The Kier molecular flexibility index (Phi) is 6.61. The monoisotopic (exact) mass is 376 g/mol. The number of nitrogens with zero attached hydrogens (tertiary/aromatic N) is 2. The molecular formula is C23H28N4O. The third kappa shape index (κ3) is 5.54. The van der Waals surface area contributed by atoms with Gasteiger partial charge in [0.05, 0.1) is 18.1 Å². The summed E-state index contributed by atoms with van der Waals surface area (Å²) in [4.78, 5) is 16.8. The normalized spacial score (nSPS) is 13.1. The molecule has 0 bridgehead atoms. The highest BCUT2D eigenvalue weighted by molar-refractivity contribution is 5.81. The van der Waals surface area contributed by atoms with Crippen molar-refractivity contribution in [2.75, 3.05) is 6.54 Å². The highest BCUT2D eigenvalue weighted by Crippen LogP contribution is 2.15. The molecule has 0 fully saturated rings. The van der Waals surface area contributed by atoms with Crippen LogP contribution in [0, 0.1) is 6.92 Å². The van der Waals surface area contributed by atoms with Crippen LogP contribution in [0.1, 0.15) is 35.2 Å². The van der Waals surface area contributed by atoms with Crippen molar-refractivity contribution in [1.82, 2.24) is 14.9 Å². The molecule has 0 saturated heterocycles. The van der Waals surface area contributed by atoms with E-state index in [1.807, 2.05) is 29.0 Å². The molecular weight excluding hydrogens is 348 g/mol. The van der Waals surface area contributed by atoms with Crippen LogP contribution in [-0.4, -0.2) is 28.0 Å². The Morgan fingerprint density at radius 3 is 2.57 bits per heavy atom. The molecule has 0 aliphatic heterocycles. The lowest BCUT2D eigenvalue weighted by atomic mass is 10.00. The minimum atomic E-state index is -0.606. The molecule has 2 aromatic carbocycles. The molecule has 1 unspecified atom stereocenters. The fraction of sp³-hybridized carbons (Fsp3) is 0.304. The maximum Gasteiger partial charge on any atom is 0.237 e. The summed E-state index contributed by atoms with van der Waals surface area (Å²) in [6, 6.07) is 18.0. The molecule has 5 nitrogen and oxygen atoms in total. The summed E-state index contributed by atoms with van der Waals surface area (Å²) in [5.41, 5.74) is 10.6. The number of amides is 1. The molecule has 28 heavy (non-hydrogen) atoms. The summed E-state index contributed by atoms with van der Waals surface area (Å²) in [5.74, 6) is 0.0957. The molecule has 1 heterocycles. The highest BCUT2D eigenvalue weighted by atomic mass is 16.2. The van der Waals surface area contributed by atoms with Gasteiger partial charge < -0.3 is 15.6 Å². The molecule has 1 amide bonds. The second-order valence-corrected chi connectivity index (χ2v) is 7.39. The van der Waals surface area contributed by atoms with Crippen molar-refractivity contribution in [3.8, 4) is 0 Å². The first-order valence-electron chi connectivity index (χ1n) is 9.65. The number of nitrogens with one attached hydrogen (secondary N) is 1. The Hall–Kier alpha value is -2.92. The Morgan fingerprint density at radius 2 is 1.86 bits per heavy atom. The van der Waals surface area contributed by atoms with E-state index in [4.69, 9.17) is 5.73 Å². The largest absolute Gasteiger partial charge is 0.354 e. The van der Waals surface area contributed by atoms with Crippen LogP contribution in [0.4, 0.5) is 0 Å². The van der Waals surface area contributed by atoms with Gasteiger partial charge in [-0.25, -0.2) is 4.98 Å². The molecule has 2 atom stereocenters. The first-order chi connectivity index (χ1) is 13.5. The van der Waals surface area contributed by atoms with E-state index in [0.717, 1.165) is 12.2 Å². The zero-order valence-corrected chi connectivity index (χ0v) is 16.5. The van der Waals surface area contributed by atoms with Gasteiger partial charge in [0.25, 0.3) is 0 Å². The quantitative estimate of drug-likeness (QED) is 0.635. The van der Waals surface area contributed by atoms with Gasteiger partial charge >= 0.3 is 0 Å². The van der Waals surface area contributed by atoms with Crippen LogP contribution in [-0.2, 0) is 17.8 Å². The van der Waals surface area contributed by atoms with Gasteiger partial charge in [0.2, 0.25) is 5.91 Å². The van der Waals surface area contributed by atoms with Crippen LogP contribution >= 0.6 is 0 Å². The molecule has 146 valence electrons. The van der Waals surface area contributed by atoms with Crippen LogP contribution < -0.4 is 11.1 Å². The molecule has 0 saturated carbocycles. The molecule has 0 radical (unpaired) electrons. The fourth-order valence-corrected chi connectivity index (χ4v) is 3.11. The number of carbonyl (C=O) groups excluding carboxylic acids is 1. The summed E-state index contributed by atoms with van der Waals surface area (Å²) in [7, 11) is 0. The maximum absolute atomic E-state index is 12.4. The first kappa shape index (κ1) is 19.8. The second kappa shape index (κ2) is 9.33. The molecule has 0 spiro atoms. The number of benzene rings is 2. The van der Waals surface area contributed by atoms with Crippen molar-refractivity contribution >= 4 is 5.91 Å². The minimum Gasteiger partial charge on any atom is -0.354 e. The highest BCUT2D eigenvalue weighted by Gasteiger charge is 2.16. The van der Waals surface area contributed by atoms with Gasteiger partial charge in [0.1, 0.15) is 0 Å². The van der Waals surface area contributed by atoms with Gasteiger partial charge in [-0.15, -0.1) is 0 Å². The Morgan fingerprint density at radius 1 is 1.14 bits per heavy atom. The minimum absolute atomic E-state index is 0.142. The summed E-state index contributed by atoms with van der Waals surface area (Å²) >= 11 is 0. The van der Waals surface area contributed by atoms with Crippen molar-refractivity contribution in [2.45, 2.75) is 38.8 Å². The van der Waals surface area contributed by atoms with Crippen molar-refractivity contribution in [3.05, 3.63) is 89.5 Å². The Balaban J connectivity index is 1.48. The predicted molar refractivity (Wildman–Crippen MR) is 112 cm³/mol. The number of nitrogens with two attached hydrogens (primary N) is 1. The number of carbonyl (C=O) groups is 1. The number of aromatic nitrogens is 2. The van der Waals surface area contributed by atoms with E-state index in [1.54, 1.807) is 6.33 Å². The lowest BCUT2D eigenvalue weighted by Crippen LogP contribution is -2.43. The lowest BCUT2D eigenvalue weighted by molar-refractivity contribution is -0.122. The van der Waals surface area contributed by atoms with E-state index in [9.17, 15) is 4.79 Å². The van der Waals surface area contributed by atoms with Crippen molar-refractivity contribution < 1.29 is 4.79 Å². The molecule has 0 aliphatic carbocycles. The van der Waals surface area contributed by atoms with E-state index >= 15 is 0 Å². The average Bonchev–Trinajstić information content (AvgIpc) is 3.13. The number of aryl methyl sites for hydroxylation is 1. The number of rotatable bonds is 8. The zero-order chi connectivity index (χ0) is 19.9. The summed E-state index contributed by atoms with van der Waals surface area (Å²) in [6.07, 6.45) is 4.16. The molecule has 0 aliphatic rings. The third-order valence-corrected chi connectivity index (χ3v) is 4.89. The van der Waals surface area contributed by atoms with Gasteiger partial charge in [-0.2, -0.15) is 0 Å². The SMILES string of the molecule is Cc1ccc(C(C)CNC(=O)[C@@H](N)Cc2cn(Cc3ccccc3)cn2)cc1. The summed E-state index contributed by atoms with van der Waals surface area (Å²) in [6.45, 7) is 5.49. The van der Waals surface area contributed by atoms with E-state index < -0.39 is 6.04 Å². The predicted octanol–water partition coefficient (Wildman–Crippen LogP) is 3.03. The van der Waals surface area contributed by atoms with Crippen LogP contribution in [0.15, 0.2) is 67.1 Å². The van der Waals surface area contributed by atoms with Crippen LogP contribution in [0.3, 0.4) is 0 Å². The average molecular weight is 377 g/mol. The number of hydrogen-bond donors (Lipinski definition) is 2. The number of imidazole rings is 1. The van der Waals surface area contributed by atoms with E-state index in [1.165, 1.54) is 16.7 Å². The van der Waals surface area contributed by atoms with Crippen LogP contribution in [0.2, 0.25) is 0 Å². The van der Waals surface area contributed by atoms with Gasteiger partial charge in [-0.05, 0) is 24.0 Å². The van der Waals surface area contributed by atoms with Gasteiger partial charge in [-0.1, -0.05) is 67.1 Å². The van der Waals surface area contributed by atoms with E-state index in [0.29, 0.717) is 13.0 Å². The molecule has 3 N–H and O–H groups in total. The Labute approximate surface area is 166 Å². The number of hydrogen-bond acceptors (Lipinski definition) is 3. The topological polar surface area (TPSA) is 72.9 Å². The smallest absolute Gasteiger partial charge is 0.237 e. The van der Waals surface area contributed by atoms with Crippen LogP contribution in [0.5, 0.6) is 0 Å². The standard InChI is InChI=1S/C23H28N4O/c1-17-8-10-20(11-9-17)18(2)13-25-23(28)22(24)12-21-15-27(16-26-21)14-19-6-4-3-5-7-19/h3-11,15-16,18,22H,12-14,24H2,1-2H3,(H,25,28)/t18?,22-/m0/s1. The molecule has 3 aromatic rings. The van der Waals surface area contributed by atoms with Crippen LogP contribution in [0.25, 0.3) is 0 Å². The van der Waals surface area contributed by atoms with Gasteiger partial charge in [-0.3, -0.25) is 4.79 Å². The van der Waals surface area contributed by atoms with Crippen molar-refractivity contribution in [2.24, 2.45) is 5.73 Å². The van der Waals surface area contributed by atoms with Gasteiger partial charge in [0.15, 0.2) is 0 Å². The van der Waals surface area contributed by atoms with E-state index in [-0.39, 0.29) is 11.8 Å². The summed E-state index contributed by atoms with van der Waals surface area (Å²) < 4.78 is 2.01. The van der Waals surface area contributed by atoms with Crippen molar-refractivity contribution in [3.63, 3.8) is 0 Å². The molecule has 3 rings (SSSR count). The Bertz CT molecular complexity index is 886. The zero-order valence-electron chi connectivity index (χ0n) is 16.5. The lowest BCUT2D eigenvalue weighted by Gasteiger charge is -2.16. The van der Waals surface area contributed by atoms with Crippen molar-refractivity contribution in [1.29, 1.82) is 0 Å². The van der Waals surface area contributed by atoms with Gasteiger partial charge in [0, 0.05) is 25.7 Å². The van der Waals surface area contributed by atoms with E-state index in [2.05, 4.69) is 60.5 Å². The molecule has 5 heteroatoms. The maximum atomic E-state index is 12.4. The molecule has 1 aromatic heterocycles.